The van der Waals surface area contributed by atoms with Crippen LogP contribution in [0.25, 0.3) is 0 Å². The fourth-order valence-electron chi connectivity index (χ4n) is 1.12. The first-order valence-electron chi connectivity index (χ1n) is 4.68. The van der Waals surface area contributed by atoms with Gasteiger partial charge in [-0.3, -0.25) is 9.59 Å². The third-order valence-corrected chi connectivity index (χ3v) is 2.06. The number of nitrogens with zero attached hydrogens (tertiary/aromatic N) is 1. The predicted octanol–water partition coefficient (Wildman–Crippen LogP) is -0.824. The summed E-state index contributed by atoms with van der Waals surface area (Å²) in [6, 6.07) is 0. The molecule has 0 aliphatic rings. The zero-order valence-corrected chi connectivity index (χ0v) is 9.04. The van der Waals surface area contributed by atoms with E-state index in [1.165, 1.54) is 4.90 Å². The van der Waals surface area contributed by atoms with Crippen LogP contribution in [0.15, 0.2) is 0 Å². The number of carbonyl (C=O) groups excluding carboxylic acids is 2. The Balaban J connectivity index is 4.04. The van der Waals surface area contributed by atoms with Crippen molar-refractivity contribution in [1.29, 1.82) is 0 Å². The molecule has 14 heavy (non-hydrogen) atoms. The van der Waals surface area contributed by atoms with Crippen molar-refractivity contribution >= 4 is 11.8 Å². The van der Waals surface area contributed by atoms with E-state index in [1.807, 2.05) is 6.92 Å². The molecule has 0 saturated carbocycles. The number of likely N-dealkylation sites (N-methyl/N-ethyl adjacent to an activating group) is 2. The van der Waals surface area contributed by atoms with Gasteiger partial charge in [-0.2, -0.15) is 0 Å². The molecule has 0 saturated heterocycles. The van der Waals surface area contributed by atoms with Crippen LogP contribution in [0.3, 0.4) is 0 Å². The van der Waals surface area contributed by atoms with Gasteiger partial charge in [0.25, 0.3) is 0 Å². The van der Waals surface area contributed by atoms with Crippen molar-refractivity contribution in [2.75, 3.05) is 27.2 Å². The van der Waals surface area contributed by atoms with Gasteiger partial charge in [-0.1, -0.05) is 6.92 Å². The monoisotopic (exact) mass is 201 g/mol. The van der Waals surface area contributed by atoms with E-state index < -0.39 is 0 Å². The predicted molar refractivity (Wildman–Crippen MR) is 54.5 cm³/mol. The molecule has 0 fully saturated rings. The van der Waals surface area contributed by atoms with E-state index in [0.717, 1.165) is 0 Å². The fourth-order valence-corrected chi connectivity index (χ4v) is 1.12. The highest BCUT2D eigenvalue weighted by atomic mass is 16.2. The highest BCUT2D eigenvalue weighted by Gasteiger charge is 2.17. The number of amides is 2. The zero-order valence-electron chi connectivity index (χ0n) is 9.04. The van der Waals surface area contributed by atoms with Crippen molar-refractivity contribution in [3.63, 3.8) is 0 Å². The Kier molecular flexibility index (Phi) is 5.87. The minimum absolute atomic E-state index is 0.0425. The van der Waals surface area contributed by atoms with Gasteiger partial charge < -0.3 is 16.0 Å². The number of hydrogen-bond acceptors (Lipinski definition) is 3. The Hall–Kier alpha value is -1.10. The van der Waals surface area contributed by atoms with Gasteiger partial charge >= 0.3 is 0 Å². The molecule has 82 valence electrons. The Morgan fingerprint density at radius 1 is 1.50 bits per heavy atom. The third kappa shape index (κ3) is 4.23. The molecule has 0 aromatic heterocycles. The highest BCUT2D eigenvalue weighted by Crippen LogP contribution is 2.04. The lowest BCUT2D eigenvalue weighted by atomic mass is 10.1. The molecule has 5 nitrogen and oxygen atoms in total. The second-order valence-electron chi connectivity index (χ2n) is 3.35. The maximum Gasteiger partial charge on any atom is 0.239 e. The molecule has 0 aromatic rings. The Bertz CT molecular complexity index is 206. The summed E-state index contributed by atoms with van der Waals surface area (Å²) in [5, 5.41) is 2.46. The van der Waals surface area contributed by atoms with Gasteiger partial charge in [-0.05, 0) is 13.0 Å². The van der Waals surface area contributed by atoms with Crippen LogP contribution in [0.5, 0.6) is 0 Å². The smallest absolute Gasteiger partial charge is 0.239 e. The van der Waals surface area contributed by atoms with Crippen molar-refractivity contribution in [2.24, 2.45) is 11.7 Å². The molecule has 1 unspecified atom stereocenters. The lowest BCUT2D eigenvalue weighted by Gasteiger charge is -2.20. The maximum atomic E-state index is 11.6. The Morgan fingerprint density at radius 2 is 2.07 bits per heavy atom. The molecule has 0 aliphatic heterocycles. The SMILES string of the molecule is CNC(=O)CN(C)C(=O)C(C)CCN. The van der Waals surface area contributed by atoms with Crippen molar-refractivity contribution in [3.05, 3.63) is 0 Å². The van der Waals surface area contributed by atoms with E-state index in [1.54, 1.807) is 14.1 Å². The van der Waals surface area contributed by atoms with E-state index in [2.05, 4.69) is 5.32 Å². The van der Waals surface area contributed by atoms with Crippen LogP contribution in [0.4, 0.5) is 0 Å². The second kappa shape index (κ2) is 6.37. The average molecular weight is 201 g/mol. The molecule has 0 heterocycles. The van der Waals surface area contributed by atoms with E-state index >= 15 is 0 Å². The van der Waals surface area contributed by atoms with E-state index in [9.17, 15) is 9.59 Å². The fraction of sp³-hybridized carbons (Fsp3) is 0.778. The number of nitrogens with two attached hydrogens (primary N) is 1. The van der Waals surface area contributed by atoms with Crippen molar-refractivity contribution < 1.29 is 9.59 Å². The van der Waals surface area contributed by atoms with E-state index in [4.69, 9.17) is 5.73 Å². The molecule has 5 heteroatoms. The van der Waals surface area contributed by atoms with Gasteiger partial charge in [0.2, 0.25) is 11.8 Å². The summed E-state index contributed by atoms with van der Waals surface area (Å²) in [4.78, 5) is 24.0. The van der Waals surface area contributed by atoms with Crippen molar-refractivity contribution in [1.82, 2.24) is 10.2 Å². The Morgan fingerprint density at radius 3 is 2.50 bits per heavy atom. The zero-order chi connectivity index (χ0) is 11.1. The highest BCUT2D eigenvalue weighted by molar-refractivity contribution is 5.85. The lowest BCUT2D eigenvalue weighted by Crippen LogP contribution is -2.39. The summed E-state index contributed by atoms with van der Waals surface area (Å²) in [6.45, 7) is 2.40. The molecular weight excluding hydrogens is 182 g/mol. The summed E-state index contributed by atoms with van der Waals surface area (Å²) >= 11 is 0. The standard InChI is InChI=1S/C9H19N3O2/c1-7(4-5-10)9(14)12(3)6-8(13)11-2/h7H,4-6,10H2,1-3H3,(H,11,13). The number of hydrogen-bond donors (Lipinski definition) is 2. The maximum absolute atomic E-state index is 11.6. The number of rotatable bonds is 5. The van der Waals surface area contributed by atoms with E-state index in [-0.39, 0.29) is 24.3 Å². The van der Waals surface area contributed by atoms with Crippen molar-refractivity contribution in [2.45, 2.75) is 13.3 Å². The molecule has 0 radical (unpaired) electrons. The molecule has 0 spiro atoms. The molecule has 2 amide bonds. The molecular formula is C9H19N3O2. The molecule has 3 N–H and O–H groups in total. The minimum atomic E-state index is -0.166. The molecule has 0 aromatic carbocycles. The van der Waals surface area contributed by atoms with Gasteiger partial charge in [0, 0.05) is 20.0 Å². The summed E-state index contributed by atoms with van der Waals surface area (Å²) in [7, 11) is 3.16. The Labute approximate surface area is 84.6 Å². The summed E-state index contributed by atoms with van der Waals surface area (Å²) in [5.41, 5.74) is 5.34. The summed E-state index contributed by atoms with van der Waals surface area (Å²) in [5.74, 6) is -0.325. The molecule has 0 bridgehead atoms. The number of nitrogens with one attached hydrogen (secondary N) is 1. The quantitative estimate of drug-likeness (QED) is 0.610. The minimum Gasteiger partial charge on any atom is -0.358 e. The van der Waals surface area contributed by atoms with Crippen LogP contribution in [0.1, 0.15) is 13.3 Å². The van der Waals surface area contributed by atoms with Crippen LogP contribution in [-0.4, -0.2) is 43.9 Å². The van der Waals surface area contributed by atoms with E-state index in [0.29, 0.717) is 13.0 Å². The van der Waals surface area contributed by atoms with Crippen LogP contribution >= 0.6 is 0 Å². The van der Waals surface area contributed by atoms with Gasteiger partial charge in [0.1, 0.15) is 0 Å². The van der Waals surface area contributed by atoms with Gasteiger partial charge in [0.05, 0.1) is 6.54 Å². The van der Waals surface area contributed by atoms with Gasteiger partial charge in [-0.25, -0.2) is 0 Å². The lowest BCUT2D eigenvalue weighted by molar-refractivity contribution is -0.137. The van der Waals surface area contributed by atoms with Gasteiger partial charge in [-0.15, -0.1) is 0 Å². The largest absolute Gasteiger partial charge is 0.358 e. The summed E-state index contributed by atoms with van der Waals surface area (Å²) < 4.78 is 0. The first kappa shape index (κ1) is 12.9. The molecule has 0 aliphatic carbocycles. The first-order valence-corrected chi connectivity index (χ1v) is 4.68. The normalized spacial score (nSPS) is 12.0. The van der Waals surface area contributed by atoms with Crippen LogP contribution < -0.4 is 11.1 Å². The van der Waals surface area contributed by atoms with Crippen LogP contribution in [0, 0.1) is 5.92 Å². The second-order valence-corrected chi connectivity index (χ2v) is 3.35. The average Bonchev–Trinajstić information content (AvgIpc) is 2.16. The summed E-state index contributed by atoms with van der Waals surface area (Å²) in [6.07, 6.45) is 0.650. The number of carbonyl (C=O) groups is 2. The van der Waals surface area contributed by atoms with Crippen LogP contribution in [0.2, 0.25) is 0 Å². The van der Waals surface area contributed by atoms with Gasteiger partial charge in [0.15, 0.2) is 0 Å². The molecule has 0 rings (SSSR count). The van der Waals surface area contributed by atoms with Crippen LogP contribution in [-0.2, 0) is 9.59 Å². The molecule has 1 atom stereocenters. The first-order chi connectivity index (χ1) is 6.52. The third-order valence-electron chi connectivity index (χ3n) is 2.06. The van der Waals surface area contributed by atoms with Crippen molar-refractivity contribution in [3.8, 4) is 0 Å². The topological polar surface area (TPSA) is 75.4 Å².